The second-order valence-corrected chi connectivity index (χ2v) is 14.6. The lowest BCUT2D eigenvalue weighted by Gasteiger charge is -2.13. The number of rotatable bonds is 4. The Balaban J connectivity index is 1.05. The van der Waals surface area contributed by atoms with E-state index in [9.17, 15) is 0 Å². The largest absolute Gasteiger partial charge is 0.309 e. The van der Waals surface area contributed by atoms with Crippen LogP contribution in [0.2, 0.25) is 0 Å². The molecule has 0 aliphatic carbocycles. The van der Waals surface area contributed by atoms with Gasteiger partial charge in [0.2, 0.25) is 0 Å². The van der Waals surface area contributed by atoms with Crippen LogP contribution in [0.15, 0.2) is 194 Å². The van der Waals surface area contributed by atoms with E-state index in [0.717, 1.165) is 55.2 Å². The maximum atomic E-state index is 5.32. The number of hydrogen-bond donors (Lipinski definition) is 0. The molecule has 0 fully saturated rings. The Labute approximate surface area is 322 Å². The summed E-state index contributed by atoms with van der Waals surface area (Å²) in [5, 5.41) is 10.7. The van der Waals surface area contributed by atoms with Gasteiger partial charge in [-0.1, -0.05) is 127 Å². The SMILES string of the molecule is c1ccc2cc(-c3nc(-c4ccc(-n5c6ccccc6c6c(-n7c8ccccc8c8ccccc87)cccc65)cc4)nc4c3ccc3ccccc34)ccc2c1. The Morgan fingerprint density at radius 1 is 0.339 bits per heavy atom. The van der Waals surface area contributed by atoms with Gasteiger partial charge in [0.15, 0.2) is 5.82 Å². The lowest BCUT2D eigenvalue weighted by atomic mass is 9.99. The number of para-hydroxylation sites is 3. The summed E-state index contributed by atoms with van der Waals surface area (Å²) in [4.78, 5) is 10.6. The van der Waals surface area contributed by atoms with Crippen molar-refractivity contribution in [3.63, 3.8) is 0 Å². The molecular formula is C52H32N4. The third kappa shape index (κ3) is 4.53. The average molecular weight is 713 g/mol. The monoisotopic (exact) mass is 712 g/mol. The van der Waals surface area contributed by atoms with Gasteiger partial charge in [0.1, 0.15) is 0 Å². The second kappa shape index (κ2) is 12.0. The summed E-state index contributed by atoms with van der Waals surface area (Å²) in [6.07, 6.45) is 0. The highest BCUT2D eigenvalue weighted by atomic mass is 15.0. The van der Waals surface area contributed by atoms with E-state index in [1.165, 1.54) is 49.0 Å². The summed E-state index contributed by atoms with van der Waals surface area (Å²) < 4.78 is 4.82. The molecule has 4 heteroatoms. The lowest BCUT2D eigenvalue weighted by molar-refractivity contribution is 1.17. The zero-order valence-corrected chi connectivity index (χ0v) is 30.3. The number of nitrogens with zero attached hydrogens (tertiary/aromatic N) is 4. The van der Waals surface area contributed by atoms with Gasteiger partial charge in [-0.2, -0.15) is 0 Å². The fraction of sp³-hybridized carbons (Fsp3) is 0. The van der Waals surface area contributed by atoms with Gasteiger partial charge in [-0.05, 0) is 82.9 Å². The Kier molecular flexibility index (Phi) is 6.60. The minimum absolute atomic E-state index is 0.708. The van der Waals surface area contributed by atoms with Crippen molar-refractivity contribution >= 4 is 76.1 Å². The summed E-state index contributed by atoms with van der Waals surface area (Å²) in [5.41, 5.74) is 10.9. The topological polar surface area (TPSA) is 35.6 Å². The van der Waals surface area contributed by atoms with Crippen molar-refractivity contribution < 1.29 is 0 Å². The van der Waals surface area contributed by atoms with Crippen LogP contribution < -0.4 is 0 Å². The third-order valence-electron chi connectivity index (χ3n) is 11.5. The molecule has 0 amide bonds. The van der Waals surface area contributed by atoms with E-state index in [-0.39, 0.29) is 0 Å². The molecular weight excluding hydrogens is 681 g/mol. The highest BCUT2D eigenvalue weighted by molar-refractivity contribution is 6.16. The Morgan fingerprint density at radius 2 is 0.911 bits per heavy atom. The molecule has 3 heterocycles. The first-order valence-corrected chi connectivity index (χ1v) is 19.1. The molecule has 0 aliphatic heterocycles. The number of benzene rings is 9. The molecule has 9 aromatic carbocycles. The van der Waals surface area contributed by atoms with Crippen LogP contribution in [0.25, 0.3) is 110 Å². The van der Waals surface area contributed by atoms with E-state index < -0.39 is 0 Å². The van der Waals surface area contributed by atoms with Crippen molar-refractivity contribution in [2.75, 3.05) is 0 Å². The summed E-state index contributed by atoms with van der Waals surface area (Å²) in [6, 6.07) is 69.6. The zero-order valence-electron chi connectivity index (χ0n) is 30.3. The Morgan fingerprint density at radius 3 is 1.66 bits per heavy atom. The molecule has 12 aromatic rings. The van der Waals surface area contributed by atoms with Crippen LogP contribution in [0, 0.1) is 0 Å². The summed E-state index contributed by atoms with van der Waals surface area (Å²) >= 11 is 0. The summed E-state index contributed by atoms with van der Waals surface area (Å²) in [7, 11) is 0. The van der Waals surface area contributed by atoms with Crippen LogP contribution in [0.4, 0.5) is 0 Å². The third-order valence-corrected chi connectivity index (χ3v) is 11.5. The van der Waals surface area contributed by atoms with Crippen LogP contribution in [0.5, 0.6) is 0 Å². The van der Waals surface area contributed by atoms with Crippen LogP contribution in [-0.2, 0) is 0 Å². The van der Waals surface area contributed by atoms with Gasteiger partial charge in [-0.15, -0.1) is 0 Å². The number of fused-ring (bicyclic) bond motifs is 10. The van der Waals surface area contributed by atoms with E-state index in [1.807, 2.05) is 0 Å². The van der Waals surface area contributed by atoms with Crippen molar-refractivity contribution in [2.24, 2.45) is 0 Å². The summed E-state index contributed by atoms with van der Waals surface area (Å²) in [6.45, 7) is 0. The minimum atomic E-state index is 0.708. The van der Waals surface area contributed by atoms with Crippen molar-refractivity contribution in [1.82, 2.24) is 19.1 Å². The molecule has 260 valence electrons. The quantitative estimate of drug-likeness (QED) is 0.170. The fourth-order valence-corrected chi connectivity index (χ4v) is 8.96. The number of aromatic nitrogens is 4. The molecule has 0 bridgehead atoms. The first-order valence-electron chi connectivity index (χ1n) is 19.1. The molecule has 4 nitrogen and oxygen atoms in total. The maximum absolute atomic E-state index is 5.32. The second-order valence-electron chi connectivity index (χ2n) is 14.6. The van der Waals surface area contributed by atoms with Crippen LogP contribution in [-0.4, -0.2) is 19.1 Å². The van der Waals surface area contributed by atoms with Crippen LogP contribution in [0.1, 0.15) is 0 Å². The van der Waals surface area contributed by atoms with Gasteiger partial charge in [0.05, 0.1) is 39.0 Å². The minimum Gasteiger partial charge on any atom is -0.309 e. The Hall–Kier alpha value is -7.56. The predicted octanol–water partition coefficient (Wildman–Crippen LogP) is 13.5. The van der Waals surface area contributed by atoms with E-state index in [4.69, 9.17) is 9.97 Å². The van der Waals surface area contributed by atoms with Crippen LogP contribution in [0.3, 0.4) is 0 Å². The molecule has 0 unspecified atom stereocenters. The van der Waals surface area contributed by atoms with Gasteiger partial charge in [0, 0.05) is 49.1 Å². The van der Waals surface area contributed by atoms with Crippen molar-refractivity contribution in [1.29, 1.82) is 0 Å². The van der Waals surface area contributed by atoms with Gasteiger partial charge in [0.25, 0.3) is 0 Å². The molecule has 3 aromatic heterocycles. The van der Waals surface area contributed by atoms with E-state index in [0.29, 0.717) is 5.82 Å². The van der Waals surface area contributed by atoms with Crippen LogP contribution >= 0.6 is 0 Å². The highest BCUT2D eigenvalue weighted by Gasteiger charge is 2.20. The van der Waals surface area contributed by atoms with E-state index >= 15 is 0 Å². The molecule has 0 N–H and O–H groups in total. The molecule has 0 saturated carbocycles. The first-order chi connectivity index (χ1) is 27.8. The fourth-order valence-electron chi connectivity index (χ4n) is 8.96. The smallest absolute Gasteiger partial charge is 0.160 e. The van der Waals surface area contributed by atoms with Gasteiger partial charge >= 0.3 is 0 Å². The molecule has 0 spiro atoms. The standard InChI is InChI=1S/C52H32N4/c1-2-14-36-32-37(25-24-33(36)12-1)50-43-31-28-34-13-3-4-15-39(34)51(43)54-52(53-50)35-26-29-38(30-27-35)55-46-21-10-7-18-42(46)49-47(55)22-11-23-48(49)56-44-19-8-5-16-40(44)41-17-6-9-20-45(41)56/h1-32H. The van der Waals surface area contributed by atoms with Crippen molar-refractivity contribution in [2.45, 2.75) is 0 Å². The van der Waals surface area contributed by atoms with Gasteiger partial charge in [-0.3, -0.25) is 0 Å². The summed E-state index contributed by atoms with van der Waals surface area (Å²) in [5.74, 6) is 0.708. The van der Waals surface area contributed by atoms with E-state index in [2.05, 4.69) is 203 Å². The molecule has 0 radical (unpaired) electrons. The molecule has 0 aliphatic rings. The number of hydrogen-bond acceptors (Lipinski definition) is 2. The molecule has 56 heavy (non-hydrogen) atoms. The van der Waals surface area contributed by atoms with Crippen molar-refractivity contribution in [3.8, 4) is 34.0 Å². The zero-order chi connectivity index (χ0) is 36.7. The lowest BCUT2D eigenvalue weighted by Crippen LogP contribution is -1.98. The maximum Gasteiger partial charge on any atom is 0.160 e. The van der Waals surface area contributed by atoms with Crippen molar-refractivity contribution in [3.05, 3.63) is 194 Å². The predicted molar refractivity (Wildman–Crippen MR) is 234 cm³/mol. The average Bonchev–Trinajstić information content (AvgIpc) is 3.79. The Bertz CT molecular complexity index is 3480. The molecule has 12 rings (SSSR count). The molecule has 0 saturated heterocycles. The normalized spacial score (nSPS) is 11.9. The highest BCUT2D eigenvalue weighted by Crippen LogP contribution is 2.40. The first kappa shape index (κ1) is 30.9. The van der Waals surface area contributed by atoms with Gasteiger partial charge < -0.3 is 9.13 Å². The molecule has 0 atom stereocenters. The van der Waals surface area contributed by atoms with E-state index in [1.54, 1.807) is 0 Å². The van der Waals surface area contributed by atoms with Gasteiger partial charge in [-0.25, -0.2) is 9.97 Å².